The van der Waals surface area contributed by atoms with E-state index in [1.807, 2.05) is 6.07 Å². The van der Waals surface area contributed by atoms with Gasteiger partial charge in [-0.05, 0) is 90.9 Å². The summed E-state index contributed by atoms with van der Waals surface area (Å²) in [6.07, 6.45) is 5.51. The summed E-state index contributed by atoms with van der Waals surface area (Å²) in [6.45, 7) is 2.23. The Morgan fingerprint density at radius 3 is 2.88 bits per heavy atom. The molecule has 4 nitrogen and oxygen atoms in total. The zero-order chi connectivity index (χ0) is 17.8. The van der Waals surface area contributed by atoms with E-state index in [-0.39, 0.29) is 23.9 Å². The predicted molar refractivity (Wildman–Crippen MR) is 94.5 cm³/mol. The molecule has 1 aromatic rings. The fourth-order valence-electron chi connectivity index (χ4n) is 6.31. The molecular weight excluding hydrogens is 316 g/mol. The minimum atomic E-state index is -0.767. The molecule has 6 atom stereocenters. The second-order valence-corrected chi connectivity index (χ2v) is 8.72. The fourth-order valence-corrected chi connectivity index (χ4v) is 6.31. The van der Waals surface area contributed by atoms with Crippen molar-refractivity contribution in [3.8, 4) is 5.75 Å². The number of aliphatic carboxylic acids is 1. The van der Waals surface area contributed by atoms with Gasteiger partial charge in [-0.25, -0.2) is 0 Å². The number of phenolic OH excluding ortho intramolecular Hbond substituents is 1. The van der Waals surface area contributed by atoms with Gasteiger partial charge in [-0.15, -0.1) is 0 Å². The smallest absolute Gasteiger partial charge is 0.303 e. The Morgan fingerprint density at radius 1 is 1.32 bits per heavy atom. The minimum Gasteiger partial charge on any atom is -0.508 e. The van der Waals surface area contributed by atoms with Crippen molar-refractivity contribution in [1.82, 2.24) is 0 Å². The van der Waals surface area contributed by atoms with E-state index >= 15 is 0 Å². The molecule has 136 valence electrons. The van der Waals surface area contributed by atoms with Gasteiger partial charge in [-0.1, -0.05) is 13.0 Å². The number of rotatable bonds is 3. The summed E-state index contributed by atoms with van der Waals surface area (Å²) in [5, 5.41) is 29.7. The van der Waals surface area contributed by atoms with Crippen LogP contribution in [0.4, 0.5) is 0 Å². The summed E-state index contributed by atoms with van der Waals surface area (Å²) in [5.41, 5.74) is 2.60. The highest BCUT2D eigenvalue weighted by atomic mass is 16.4. The minimum absolute atomic E-state index is 0.0707. The Balaban J connectivity index is 1.59. The van der Waals surface area contributed by atoms with Crippen LogP contribution < -0.4 is 0 Å². The highest BCUT2D eigenvalue weighted by Crippen LogP contribution is 2.62. The number of benzene rings is 1. The zero-order valence-electron chi connectivity index (χ0n) is 14.8. The summed E-state index contributed by atoms with van der Waals surface area (Å²) in [7, 11) is 0. The average molecular weight is 344 g/mol. The van der Waals surface area contributed by atoms with E-state index in [1.165, 1.54) is 11.1 Å². The maximum absolute atomic E-state index is 11.0. The second-order valence-electron chi connectivity index (χ2n) is 8.72. The number of hydrogen-bond donors (Lipinski definition) is 3. The van der Waals surface area contributed by atoms with Crippen LogP contribution in [0.15, 0.2) is 18.2 Å². The van der Waals surface area contributed by atoms with Gasteiger partial charge in [0.25, 0.3) is 0 Å². The molecule has 4 rings (SSSR count). The predicted octanol–water partition coefficient (Wildman–Crippen LogP) is 3.70. The summed E-state index contributed by atoms with van der Waals surface area (Å²) >= 11 is 0. The molecule has 0 spiro atoms. The van der Waals surface area contributed by atoms with Crippen molar-refractivity contribution < 1.29 is 20.1 Å². The first-order chi connectivity index (χ1) is 11.9. The van der Waals surface area contributed by atoms with Crippen LogP contribution in [0.1, 0.15) is 62.5 Å². The molecule has 4 heteroatoms. The summed E-state index contributed by atoms with van der Waals surface area (Å²) in [4.78, 5) is 10.9. The Bertz CT molecular complexity index is 684. The molecule has 0 amide bonds. The molecule has 0 radical (unpaired) electrons. The Kier molecular flexibility index (Phi) is 4.06. The molecule has 25 heavy (non-hydrogen) atoms. The van der Waals surface area contributed by atoms with Crippen molar-refractivity contribution >= 4 is 5.97 Å². The van der Waals surface area contributed by atoms with Crippen molar-refractivity contribution in [2.45, 2.75) is 63.9 Å². The van der Waals surface area contributed by atoms with E-state index in [0.29, 0.717) is 29.9 Å². The van der Waals surface area contributed by atoms with Crippen LogP contribution in [-0.4, -0.2) is 27.4 Å². The number of hydrogen-bond acceptors (Lipinski definition) is 3. The highest BCUT2D eigenvalue weighted by Gasteiger charge is 2.57. The number of carbonyl (C=O) groups is 1. The molecule has 3 N–H and O–H groups in total. The maximum Gasteiger partial charge on any atom is 0.303 e. The molecule has 2 saturated carbocycles. The average Bonchev–Trinajstić information content (AvgIpc) is 2.84. The molecule has 0 heterocycles. The van der Waals surface area contributed by atoms with E-state index in [1.54, 1.807) is 6.07 Å². The molecule has 3 aliphatic rings. The van der Waals surface area contributed by atoms with Gasteiger partial charge >= 0.3 is 5.97 Å². The van der Waals surface area contributed by atoms with E-state index in [4.69, 9.17) is 5.11 Å². The van der Waals surface area contributed by atoms with E-state index in [2.05, 4.69) is 13.0 Å². The third kappa shape index (κ3) is 2.66. The second kappa shape index (κ2) is 6.01. The Hall–Kier alpha value is -1.55. The van der Waals surface area contributed by atoms with Gasteiger partial charge in [-0.3, -0.25) is 4.79 Å². The molecule has 3 aliphatic carbocycles. The number of aliphatic hydroxyl groups excluding tert-OH is 1. The van der Waals surface area contributed by atoms with Gasteiger partial charge in [0.2, 0.25) is 0 Å². The maximum atomic E-state index is 11.0. The molecule has 1 aromatic carbocycles. The molecule has 2 fully saturated rings. The number of aryl methyl sites for hydroxylation is 1. The quantitative estimate of drug-likeness (QED) is 0.781. The molecular formula is C21H28O4. The zero-order valence-corrected chi connectivity index (χ0v) is 14.8. The Labute approximate surface area is 148 Å². The lowest BCUT2D eigenvalue weighted by molar-refractivity contribution is -0.137. The largest absolute Gasteiger partial charge is 0.508 e. The first kappa shape index (κ1) is 16.9. The third-order valence-electron chi connectivity index (χ3n) is 7.56. The summed E-state index contributed by atoms with van der Waals surface area (Å²) in [6, 6.07) is 5.81. The van der Waals surface area contributed by atoms with Crippen LogP contribution in [0.2, 0.25) is 0 Å². The van der Waals surface area contributed by atoms with E-state index in [9.17, 15) is 15.0 Å². The monoisotopic (exact) mass is 344 g/mol. The number of aromatic hydroxyl groups is 1. The SMILES string of the molecule is C[C@]12CC[C@@H]3c4ccc(O)cc4CC[C@H]3[C@@H]1C[C@H](CCC(=O)O)[C@@H]2O. The lowest BCUT2D eigenvalue weighted by Gasteiger charge is -2.50. The van der Waals surface area contributed by atoms with Gasteiger partial charge in [0.1, 0.15) is 5.75 Å². The summed E-state index contributed by atoms with van der Waals surface area (Å²) < 4.78 is 0. The van der Waals surface area contributed by atoms with Gasteiger partial charge < -0.3 is 15.3 Å². The summed E-state index contributed by atoms with van der Waals surface area (Å²) in [5.74, 6) is 1.26. The first-order valence-corrected chi connectivity index (χ1v) is 9.62. The number of phenols is 1. The highest BCUT2D eigenvalue weighted by molar-refractivity contribution is 5.66. The normalized spacial score (nSPS) is 39.4. The molecule has 0 saturated heterocycles. The van der Waals surface area contributed by atoms with Crippen LogP contribution in [0.3, 0.4) is 0 Å². The van der Waals surface area contributed by atoms with Crippen molar-refractivity contribution in [2.24, 2.45) is 23.2 Å². The number of carboxylic acid groups (broad SMARTS) is 1. The van der Waals surface area contributed by atoms with Crippen LogP contribution in [0.25, 0.3) is 0 Å². The van der Waals surface area contributed by atoms with Crippen molar-refractivity contribution in [3.05, 3.63) is 29.3 Å². The first-order valence-electron chi connectivity index (χ1n) is 9.62. The van der Waals surface area contributed by atoms with Gasteiger partial charge in [0.15, 0.2) is 0 Å². The van der Waals surface area contributed by atoms with Gasteiger partial charge in [0.05, 0.1) is 6.10 Å². The van der Waals surface area contributed by atoms with Crippen LogP contribution in [0, 0.1) is 23.2 Å². The van der Waals surface area contributed by atoms with Crippen LogP contribution in [-0.2, 0) is 11.2 Å². The Morgan fingerprint density at radius 2 is 2.12 bits per heavy atom. The van der Waals surface area contributed by atoms with E-state index < -0.39 is 5.97 Å². The van der Waals surface area contributed by atoms with E-state index in [0.717, 1.165) is 32.1 Å². The molecule has 0 bridgehead atoms. The van der Waals surface area contributed by atoms with Crippen LogP contribution >= 0.6 is 0 Å². The van der Waals surface area contributed by atoms with Crippen molar-refractivity contribution in [2.75, 3.05) is 0 Å². The fraction of sp³-hybridized carbons (Fsp3) is 0.667. The van der Waals surface area contributed by atoms with Crippen molar-refractivity contribution in [1.29, 1.82) is 0 Å². The number of aliphatic hydroxyl groups is 1. The molecule has 0 aromatic heterocycles. The van der Waals surface area contributed by atoms with Gasteiger partial charge in [0, 0.05) is 6.42 Å². The standard InChI is InChI=1S/C21H28O4/c1-21-9-8-16-15-6-4-14(22)10-12(15)2-5-17(16)18(21)11-13(20(21)25)3-7-19(23)24/h4,6,10,13,16-18,20,22,25H,2-3,5,7-9,11H2,1H3,(H,23,24)/t13-,16+,17+,18-,20-,21-/m0/s1. The van der Waals surface area contributed by atoms with Crippen LogP contribution in [0.5, 0.6) is 5.75 Å². The lowest BCUT2D eigenvalue weighted by atomic mass is 9.55. The number of carboxylic acids is 1. The van der Waals surface area contributed by atoms with Gasteiger partial charge in [-0.2, -0.15) is 0 Å². The third-order valence-corrected chi connectivity index (χ3v) is 7.56. The molecule has 0 aliphatic heterocycles. The van der Waals surface area contributed by atoms with Crippen molar-refractivity contribution in [3.63, 3.8) is 0 Å². The topological polar surface area (TPSA) is 77.8 Å². The number of fused-ring (bicyclic) bond motifs is 5. The molecule has 0 unspecified atom stereocenters. The lowest BCUT2D eigenvalue weighted by Crippen LogP contribution is -2.44.